The second kappa shape index (κ2) is 7.70. The molecule has 3 heterocycles. The molecular formula is C23H26FN5O. The van der Waals surface area contributed by atoms with Crippen molar-refractivity contribution in [3.63, 3.8) is 0 Å². The van der Waals surface area contributed by atoms with Crippen LogP contribution in [0, 0.1) is 18.7 Å². The van der Waals surface area contributed by atoms with Gasteiger partial charge in [0, 0.05) is 37.0 Å². The molecule has 1 aromatic carbocycles. The number of halogens is 1. The summed E-state index contributed by atoms with van der Waals surface area (Å²) in [7, 11) is 0. The van der Waals surface area contributed by atoms with Crippen LogP contribution >= 0.6 is 0 Å². The van der Waals surface area contributed by atoms with Gasteiger partial charge in [0.2, 0.25) is 5.91 Å². The van der Waals surface area contributed by atoms with Gasteiger partial charge in [-0.25, -0.2) is 13.9 Å². The summed E-state index contributed by atoms with van der Waals surface area (Å²) in [6.07, 6.45) is 9.65. The summed E-state index contributed by atoms with van der Waals surface area (Å²) >= 11 is 0. The fourth-order valence-electron chi connectivity index (χ4n) is 4.69. The van der Waals surface area contributed by atoms with Gasteiger partial charge in [-0.1, -0.05) is 6.07 Å². The zero-order chi connectivity index (χ0) is 20.7. The van der Waals surface area contributed by atoms with Crippen molar-refractivity contribution in [2.75, 3.05) is 23.3 Å². The molecular weight excluding hydrogens is 381 g/mol. The first-order valence-electron chi connectivity index (χ1n) is 10.8. The number of nitrogens with one attached hydrogen (secondary N) is 1. The van der Waals surface area contributed by atoms with Crippen molar-refractivity contribution in [1.82, 2.24) is 14.6 Å². The third-order valence-electron chi connectivity index (χ3n) is 6.35. The predicted molar refractivity (Wildman–Crippen MR) is 114 cm³/mol. The Morgan fingerprint density at radius 1 is 1.20 bits per heavy atom. The van der Waals surface area contributed by atoms with E-state index in [1.807, 2.05) is 17.6 Å². The summed E-state index contributed by atoms with van der Waals surface area (Å²) < 4.78 is 16.0. The lowest BCUT2D eigenvalue weighted by Gasteiger charge is -2.32. The number of aryl methyl sites for hydroxylation is 3. The van der Waals surface area contributed by atoms with E-state index in [0.717, 1.165) is 55.7 Å². The van der Waals surface area contributed by atoms with E-state index in [1.165, 1.54) is 30.2 Å². The Morgan fingerprint density at radius 3 is 2.80 bits per heavy atom. The van der Waals surface area contributed by atoms with Gasteiger partial charge in [0.25, 0.3) is 0 Å². The van der Waals surface area contributed by atoms with Gasteiger partial charge in [-0.2, -0.15) is 5.10 Å². The fourth-order valence-corrected chi connectivity index (χ4v) is 4.69. The van der Waals surface area contributed by atoms with Gasteiger partial charge in [-0.3, -0.25) is 4.79 Å². The Balaban J connectivity index is 1.30. The Morgan fingerprint density at radius 2 is 2.00 bits per heavy atom. The minimum atomic E-state index is -0.387. The van der Waals surface area contributed by atoms with Crippen molar-refractivity contribution in [3.8, 4) is 0 Å². The van der Waals surface area contributed by atoms with Crippen LogP contribution in [0.4, 0.5) is 15.9 Å². The molecule has 0 atom stereocenters. The molecule has 1 amide bonds. The highest BCUT2D eigenvalue weighted by Crippen LogP contribution is 2.32. The second-order valence-corrected chi connectivity index (χ2v) is 8.41. The number of amides is 1. The number of fused-ring (bicyclic) bond motifs is 3. The maximum absolute atomic E-state index is 14.1. The number of carbonyl (C=O) groups excluding carboxylic acids is 1. The van der Waals surface area contributed by atoms with Gasteiger partial charge in [-0.05, 0) is 63.1 Å². The zero-order valence-electron chi connectivity index (χ0n) is 17.2. The standard InChI is InChI=1S/C23H26FN5O/c1-15-6-7-20(18(24)14-15)26-23(30)16-8-11-28(12-9-16)22-21-17-4-2-3-5-19(17)27-29(21)13-10-25-22/h6-7,10,13-14,16H,2-5,8-9,11-12H2,1H3,(H,26,30). The van der Waals surface area contributed by atoms with Gasteiger partial charge in [0.15, 0.2) is 5.82 Å². The van der Waals surface area contributed by atoms with Gasteiger partial charge < -0.3 is 10.2 Å². The third-order valence-corrected chi connectivity index (χ3v) is 6.35. The Labute approximate surface area is 175 Å². The number of aromatic nitrogens is 3. The lowest BCUT2D eigenvalue weighted by atomic mass is 9.94. The molecule has 1 aliphatic carbocycles. The van der Waals surface area contributed by atoms with Crippen LogP contribution in [0.2, 0.25) is 0 Å². The number of rotatable bonds is 3. The molecule has 0 spiro atoms. The lowest BCUT2D eigenvalue weighted by Crippen LogP contribution is -2.39. The molecule has 7 heteroatoms. The van der Waals surface area contributed by atoms with Crippen LogP contribution in [-0.2, 0) is 17.6 Å². The highest BCUT2D eigenvalue weighted by atomic mass is 19.1. The van der Waals surface area contributed by atoms with E-state index in [9.17, 15) is 9.18 Å². The maximum atomic E-state index is 14.1. The van der Waals surface area contributed by atoms with E-state index in [2.05, 4.69) is 15.2 Å². The number of nitrogens with zero attached hydrogens (tertiary/aromatic N) is 4. The SMILES string of the molecule is Cc1ccc(NC(=O)C2CCN(c3nccn4nc5c(c34)CCCC5)CC2)c(F)c1. The highest BCUT2D eigenvalue weighted by Gasteiger charge is 2.28. The minimum Gasteiger partial charge on any atom is -0.355 e. The largest absolute Gasteiger partial charge is 0.355 e. The molecule has 3 aromatic rings. The van der Waals surface area contributed by atoms with Gasteiger partial charge in [0.1, 0.15) is 11.3 Å². The summed E-state index contributed by atoms with van der Waals surface area (Å²) in [5, 5.41) is 7.53. The van der Waals surface area contributed by atoms with E-state index >= 15 is 0 Å². The van der Waals surface area contributed by atoms with E-state index < -0.39 is 0 Å². The van der Waals surface area contributed by atoms with Crippen LogP contribution in [0.5, 0.6) is 0 Å². The summed E-state index contributed by atoms with van der Waals surface area (Å²) in [5.41, 5.74) is 4.74. The molecule has 5 rings (SSSR count). The van der Waals surface area contributed by atoms with Gasteiger partial charge >= 0.3 is 0 Å². The minimum absolute atomic E-state index is 0.106. The second-order valence-electron chi connectivity index (χ2n) is 8.41. The first kappa shape index (κ1) is 19.0. The molecule has 0 saturated carbocycles. The van der Waals surface area contributed by atoms with Crippen molar-refractivity contribution in [1.29, 1.82) is 0 Å². The monoisotopic (exact) mass is 407 g/mol. The first-order chi connectivity index (χ1) is 14.6. The number of benzene rings is 1. The molecule has 2 aliphatic rings. The molecule has 2 aromatic heterocycles. The molecule has 0 bridgehead atoms. The van der Waals surface area contributed by atoms with Crippen LogP contribution < -0.4 is 10.2 Å². The zero-order valence-corrected chi connectivity index (χ0v) is 17.2. The maximum Gasteiger partial charge on any atom is 0.227 e. The van der Waals surface area contributed by atoms with Crippen molar-refractivity contribution in [2.45, 2.75) is 45.4 Å². The average Bonchev–Trinajstić information content (AvgIpc) is 3.14. The lowest BCUT2D eigenvalue weighted by molar-refractivity contribution is -0.120. The Kier molecular flexibility index (Phi) is 4.89. The molecule has 0 radical (unpaired) electrons. The Bertz CT molecular complexity index is 1100. The third kappa shape index (κ3) is 3.42. The number of piperidine rings is 1. The number of anilines is 2. The first-order valence-corrected chi connectivity index (χ1v) is 10.8. The predicted octanol–water partition coefficient (Wildman–Crippen LogP) is 3.91. The van der Waals surface area contributed by atoms with Crippen LogP contribution in [0.25, 0.3) is 5.52 Å². The van der Waals surface area contributed by atoms with E-state index in [-0.39, 0.29) is 23.3 Å². The molecule has 1 saturated heterocycles. The molecule has 156 valence electrons. The highest BCUT2D eigenvalue weighted by molar-refractivity contribution is 5.93. The van der Waals surface area contributed by atoms with E-state index in [0.29, 0.717) is 0 Å². The van der Waals surface area contributed by atoms with Crippen molar-refractivity contribution in [2.24, 2.45) is 5.92 Å². The van der Waals surface area contributed by atoms with Crippen molar-refractivity contribution >= 4 is 22.9 Å². The normalized spacial score (nSPS) is 17.2. The van der Waals surface area contributed by atoms with E-state index in [1.54, 1.807) is 18.3 Å². The summed E-state index contributed by atoms with van der Waals surface area (Å²) in [6.45, 7) is 3.33. The summed E-state index contributed by atoms with van der Waals surface area (Å²) in [4.78, 5) is 19.6. The fraction of sp³-hybridized carbons (Fsp3) is 0.435. The number of hydrogen-bond acceptors (Lipinski definition) is 4. The van der Waals surface area contributed by atoms with Crippen LogP contribution in [0.3, 0.4) is 0 Å². The van der Waals surface area contributed by atoms with Crippen LogP contribution in [-0.4, -0.2) is 33.6 Å². The number of hydrogen-bond donors (Lipinski definition) is 1. The van der Waals surface area contributed by atoms with Gasteiger partial charge in [-0.15, -0.1) is 0 Å². The summed E-state index contributed by atoms with van der Waals surface area (Å²) in [6, 6.07) is 4.88. The smallest absolute Gasteiger partial charge is 0.227 e. The molecule has 0 unspecified atom stereocenters. The number of carbonyl (C=O) groups is 1. The Hall–Kier alpha value is -2.96. The van der Waals surface area contributed by atoms with E-state index in [4.69, 9.17) is 5.10 Å². The van der Waals surface area contributed by atoms with Gasteiger partial charge in [0.05, 0.1) is 11.4 Å². The van der Waals surface area contributed by atoms with Crippen LogP contribution in [0.15, 0.2) is 30.6 Å². The van der Waals surface area contributed by atoms with Crippen LogP contribution in [0.1, 0.15) is 42.5 Å². The van der Waals surface area contributed by atoms with Crippen molar-refractivity contribution < 1.29 is 9.18 Å². The molecule has 1 N–H and O–H groups in total. The topological polar surface area (TPSA) is 62.5 Å². The molecule has 6 nitrogen and oxygen atoms in total. The molecule has 1 fully saturated rings. The summed E-state index contributed by atoms with van der Waals surface area (Å²) in [5.74, 6) is 0.351. The quantitative estimate of drug-likeness (QED) is 0.715. The molecule has 1 aliphatic heterocycles. The average molecular weight is 407 g/mol. The molecule has 30 heavy (non-hydrogen) atoms. The van der Waals surface area contributed by atoms with Crippen molar-refractivity contribution in [3.05, 3.63) is 53.2 Å².